The number of rotatable bonds is 7. The van der Waals surface area contributed by atoms with Crippen molar-refractivity contribution in [2.24, 2.45) is 5.41 Å². The van der Waals surface area contributed by atoms with Crippen LogP contribution in [0.15, 0.2) is 29.2 Å². The zero-order valence-electron chi connectivity index (χ0n) is 15.6. The van der Waals surface area contributed by atoms with Crippen LogP contribution in [-0.4, -0.2) is 58.9 Å². The summed E-state index contributed by atoms with van der Waals surface area (Å²) in [5, 5.41) is 2.93. The molecule has 140 valence electrons. The molecule has 2 N–H and O–H groups in total. The molecule has 0 unspecified atom stereocenters. The Morgan fingerprint density at radius 2 is 1.88 bits per heavy atom. The van der Waals surface area contributed by atoms with E-state index in [0.717, 1.165) is 19.4 Å². The van der Waals surface area contributed by atoms with Gasteiger partial charge in [-0.3, -0.25) is 4.79 Å². The Bertz CT molecular complexity index is 708. The minimum absolute atomic E-state index is 0.0340. The molecule has 1 aliphatic heterocycles. The number of nitrogens with one attached hydrogen (secondary N) is 2. The van der Waals surface area contributed by atoms with E-state index in [-0.39, 0.29) is 16.2 Å². The second-order valence-corrected chi connectivity index (χ2v) is 9.81. The third-order valence-corrected chi connectivity index (χ3v) is 6.25. The van der Waals surface area contributed by atoms with Crippen molar-refractivity contribution < 1.29 is 18.1 Å². The summed E-state index contributed by atoms with van der Waals surface area (Å²) in [5.74, 6) is -0.236. The van der Waals surface area contributed by atoms with E-state index in [2.05, 4.69) is 33.3 Å². The van der Waals surface area contributed by atoms with Gasteiger partial charge >= 0.3 is 0 Å². The predicted octanol–water partition coefficient (Wildman–Crippen LogP) is 0.372. The minimum atomic E-state index is -3.50. The van der Waals surface area contributed by atoms with Gasteiger partial charge in [-0.15, -0.1) is 0 Å². The smallest absolute Gasteiger partial charge is 0.251 e. The molecule has 0 aromatic heterocycles. The zero-order chi connectivity index (χ0) is 18.7. The van der Waals surface area contributed by atoms with Gasteiger partial charge in [0.25, 0.3) is 5.91 Å². The highest BCUT2D eigenvalue weighted by Crippen LogP contribution is 2.21. The van der Waals surface area contributed by atoms with Gasteiger partial charge < -0.3 is 10.2 Å². The Balaban J connectivity index is 2.09. The van der Waals surface area contributed by atoms with E-state index in [0.29, 0.717) is 25.2 Å². The van der Waals surface area contributed by atoms with Crippen LogP contribution >= 0.6 is 0 Å². The summed E-state index contributed by atoms with van der Waals surface area (Å²) in [7, 11) is 0.655. The summed E-state index contributed by atoms with van der Waals surface area (Å²) < 4.78 is 26.8. The molecule has 0 saturated carbocycles. The highest BCUT2D eigenvalue weighted by molar-refractivity contribution is 7.89. The van der Waals surface area contributed by atoms with E-state index in [4.69, 9.17) is 0 Å². The van der Waals surface area contributed by atoms with Crippen molar-refractivity contribution in [1.82, 2.24) is 9.62 Å². The first-order valence-electron chi connectivity index (χ1n) is 8.79. The van der Waals surface area contributed by atoms with Crippen molar-refractivity contribution in [3.8, 4) is 0 Å². The average molecular weight is 369 g/mol. The fourth-order valence-electron chi connectivity index (χ4n) is 3.32. The molecule has 1 saturated heterocycles. The standard InChI is InChI=1S/C18H29N3O3S/c1-18(2,14-20(3)4)13-19-17(22)15-8-7-9-16(12-15)25(23,24)21-10-5-6-11-21/h7-9,12H,5-6,10-11,13-14H2,1-4H3,(H,19,22)/p+1. The van der Waals surface area contributed by atoms with Gasteiger partial charge in [0.2, 0.25) is 10.0 Å². The molecular weight excluding hydrogens is 338 g/mol. The first-order chi connectivity index (χ1) is 11.6. The van der Waals surface area contributed by atoms with E-state index in [1.165, 1.54) is 15.3 Å². The first kappa shape index (κ1) is 19.9. The maximum Gasteiger partial charge on any atom is 0.251 e. The number of carbonyl (C=O) groups is 1. The summed E-state index contributed by atoms with van der Waals surface area (Å²) in [5.41, 5.74) is 0.349. The predicted molar refractivity (Wildman–Crippen MR) is 98.2 cm³/mol. The Labute approximate surface area is 151 Å². The number of nitrogens with zero attached hydrogens (tertiary/aromatic N) is 1. The molecule has 6 nitrogen and oxygen atoms in total. The largest absolute Gasteiger partial charge is 0.351 e. The van der Waals surface area contributed by atoms with Gasteiger partial charge in [0.15, 0.2) is 0 Å². The van der Waals surface area contributed by atoms with Gasteiger partial charge in [-0.2, -0.15) is 4.31 Å². The highest BCUT2D eigenvalue weighted by Gasteiger charge is 2.28. The average Bonchev–Trinajstić information content (AvgIpc) is 3.07. The lowest BCUT2D eigenvalue weighted by molar-refractivity contribution is -0.865. The molecule has 0 aliphatic carbocycles. The number of hydrogen-bond acceptors (Lipinski definition) is 3. The summed E-state index contributed by atoms with van der Waals surface area (Å²) >= 11 is 0. The Kier molecular flexibility index (Phi) is 6.24. The van der Waals surface area contributed by atoms with Gasteiger partial charge in [-0.1, -0.05) is 19.9 Å². The lowest BCUT2D eigenvalue weighted by Crippen LogP contribution is -3.07. The molecular formula is C18H30N3O3S+. The molecule has 1 heterocycles. The number of carbonyl (C=O) groups excluding carboxylic acids is 1. The monoisotopic (exact) mass is 368 g/mol. The SMILES string of the molecule is C[NH+](C)CC(C)(C)CNC(=O)c1cccc(S(=O)(=O)N2CCCC2)c1. The Hall–Kier alpha value is -1.44. The van der Waals surface area contributed by atoms with Crippen molar-refractivity contribution in [3.05, 3.63) is 29.8 Å². The molecule has 0 spiro atoms. The summed E-state index contributed by atoms with van der Waals surface area (Å²) in [6, 6.07) is 6.33. The topological polar surface area (TPSA) is 70.9 Å². The molecule has 0 radical (unpaired) electrons. The fourth-order valence-corrected chi connectivity index (χ4v) is 4.88. The minimum Gasteiger partial charge on any atom is -0.351 e. The molecule has 0 atom stereocenters. The number of hydrogen-bond donors (Lipinski definition) is 2. The number of amides is 1. The fraction of sp³-hybridized carbons (Fsp3) is 0.611. The van der Waals surface area contributed by atoms with Gasteiger partial charge in [0.1, 0.15) is 0 Å². The zero-order valence-corrected chi connectivity index (χ0v) is 16.4. The van der Waals surface area contributed by atoms with E-state index in [9.17, 15) is 13.2 Å². The second kappa shape index (κ2) is 7.85. The summed E-state index contributed by atoms with van der Waals surface area (Å²) in [4.78, 5) is 14.0. The van der Waals surface area contributed by atoms with Gasteiger partial charge in [0.05, 0.1) is 25.5 Å². The number of sulfonamides is 1. The van der Waals surface area contributed by atoms with E-state index < -0.39 is 10.0 Å². The molecule has 1 aromatic rings. The maximum atomic E-state index is 12.6. The summed E-state index contributed by atoms with van der Waals surface area (Å²) in [6.07, 6.45) is 1.78. The molecule has 1 fully saturated rings. The Morgan fingerprint density at radius 3 is 2.48 bits per heavy atom. The van der Waals surface area contributed by atoms with Crippen LogP contribution in [0.3, 0.4) is 0 Å². The maximum absolute atomic E-state index is 12.6. The van der Waals surface area contributed by atoms with Gasteiger partial charge in [-0.05, 0) is 31.0 Å². The molecule has 0 bridgehead atoms. The van der Waals surface area contributed by atoms with Crippen LogP contribution in [0.4, 0.5) is 0 Å². The molecule has 25 heavy (non-hydrogen) atoms. The lowest BCUT2D eigenvalue weighted by atomic mass is 9.93. The second-order valence-electron chi connectivity index (χ2n) is 7.87. The normalized spacial score (nSPS) is 16.4. The van der Waals surface area contributed by atoms with Crippen LogP contribution in [0.25, 0.3) is 0 Å². The van der Waals surface area contributed by atoms with Crippen LogP contribution < -0.4 is 10.2 Å². The molecule has 1 aliphatic rings. The van der Waals surface area contributed by atoms with Crippen LogP contribution in [0.2, 0.25) is 0 Å². The Morgan fingerprint density at radius 1 is 1.24 bits per heavy atom. The van der Waals surface area contributed by atoms with Crippen LogP contribution in [-0.2, 0) is 10.0 Å². The molecule has 7 heteroatoms. The quantitative estimate of drug-likeness (QED) is 0.731. The summed E-state index contributed by atoms with van der Waals surface area (Å²) in [6.45, 7) is 6.79. The van der Waals surface area contributed by atoms with Crippen LogP contribution in [0.1, 0.15) is 37.0 Å². The van der Waals surface area contributed by atoms with Crippen molar-refractivity contribution in [3.63, 3.8) is 0 Å². The molecule has 1 amide bonds. The third kappa shape index (κ3) is 5.26. The van der Waals surface area contributed by atoms with Crippen LogP contribution in [0.5, 0.6) is 0 Å². The van der Waals surface area contributed by atoms with Gasteiger partial charge in [-0.25, -0.2) is 8.42 Å². The van der Waals surface area contributed by atoms with Crippen molar-refractivity contribution >= 4 is 15.9 Å². The van der Waals surface area contributed by atoms with Gasteiger partial charge in [0, 0.05) is 30.6 Å². The number of benzene rings is 1. The van der Waals surface area contributed by atoms with Crippen molar-refractivity contribution in [1.29, 1.82) is 0 Å². The van der Waals surface area contributed by atoms with E-state index in [1.807, 2.05) is 0 Å². The number of quaternary nitrogens is 1. The highest BCUT2D eigenvalue weighted by atomic mass is 32.2. The van der Waals surface area contributed by atoms with E-state index in [1.54, 1.807) is 18.2 Å². The third-order valence-electron chi connectivity index (χ3n) is 4.36. The molecule has 1 aromatic carbocycles. The van der Waals surface area contributed by atoms with E-state index >= 15 is 0 Å². The van der Waals surface area contributed by atoms with Crippen LogP contribution in [0, 0.1) is 5.41 Å². The van der Waals surface area contributed by atoms with Crippen molar-refractivity contribution in [2.75, 3.05) is 40.3 Å². The lowest BCUT2D eigenvalue weighted by Gasteiger charge is -2.26. The van der Waals surface area contributed by atoms with Crippen molar-refractivity contribution in [2.45, 2.75) is 31.6 Å². The first-order valence-corrected chi connectivity index (χ1v) is 10.2. The molecule has 2 rings (SSSR count).